The largest absolute Gasteiger partial charge is 0.392 e. The molecule has 0 aromatic heterocycles. The molecule has 2 nitrogen and oxygen atoms in total. The Morgan fingerprint density at radius 3 is 2.50 bits per heavy atom. The number of nitrogens with two attached hydrogens (primary N) is 1. The summed E-state index contributed by atoms with van der Waals surface area (Å²) in [5, 5.41) is 10.9. The first-order valence-electron chi connectivity index (χ1n) is 7.59. The predicted octanol–water partition coefficient (Wildman–Crippen LogP) is 4.07. The maximum Gasteiger partial charge on any atom is 0.0654 e. The van der Waals surface area contributed by atoms with E-state index in [0.717, 1.165) is 16.5 Å². The third-order valence-corrected chi connectivity index (χ3v) is 5.50. The molecule has 2 rings (SSSR count). The molecule has 1 fully saturated rings. The number of aliphatic hydroxyl groups is 1. The monoisotopic (exact) mass is 339 g/mol. The molecule has 20 heavy (non-hydrogen) atoms. The van der Waals surface area contributed by atoms with E-state index < -0.39 is 0 Å². The highest BCUT2D eigenvalue weighted by atomic mass is 79.9. The molecule has 1 saturated carbocycles. The minimum Gasteiger partial charge on any atom is -0.392 e. The number of halogens is 1. The standard InChI is InChI=1S/C17H26BrNO/c1-17(2)10-4-3-5-15(17)16(20)14(11-19)12-6-8-13(18)9-7-12/h6-9,14-16,20H,3-5,10-11,19H2,1-2H3. The molecule has 0 heterocycles. The Morgan fingerprint density at radius 1 is 1.30 bits per heavy atom. The van der Waals surface area contributed by atoms with Crippen molar-refractivity contribution in [2.45, 2.75) is 51.6 Å². The molecule has 3 atom stereocenters. The van der Waals surface area contributed by atoms with E-state index in [1.807, 2.05) is 12.1 Å². The fourth-order valence-electron chi connectivity index (χ4n) is 3.62. The van der Waals surface area contributed by atoms with E-state index >= 15 is 0 Å². The molecule has 3 unspecified atom stereocenters. The van der Waals surface area contributed by atoms with Gasteiger partial charge in [-0.15, -0.1) is 0 Å². The SMILES string of the molecule is CC1(C)CCCCC1C(O)C(CN)c1ccc(Br)cc1. The molecule has 1 aliphatic carbocycles. The Kier molecular flexibility index (Phi) is 5.27. The van der Waals surface area contributed by atoms with Crippen LogP contribution in [0, 0.1) is 11.3 Å². The quantitative estimate of drug-likeness (QED) is 0.868. The summed E-state index contributed by atoms with van der Waals surface area (Å²) < 4.78 is 1.06. The van der Waals surface area contributed by atoms with Crippen molar-refractivity contribution in [1.82, 2.24) is 0 Å². The average Bonchev–Trinajstić information content (AvgIpc) is 2.41. The van der Waals surface area contributed by atoms with Crippen molar-refractivity contribution in [3.63, 3.8) is 0 Å². The van der Waals surface area contributed by atoms with Crippen LogP contribution >= 0.6 is 15.9 Å². The Balaban J connectivity index is 2.20. The summed E-state index contributed by atoms with van der Waals surface area (Å²) in [5.41, 5.74) is 7.32. The van der Waals surface area contributed by atoms with Crippen LogP contribution < -0.4 is 5.73 Å². The smallest absolute Gasteiger partial charge is 0.0654 e. The van der Waals surface area contributed by atoms with E-state index in [4.69, 9.17) is 5.73 Å². The van der Waals surface area contributed by atoms with Gasteiger partial charge in [-0.3, -0.25) is 0 Å². The molecule has 0 amide bonds. The molecular weight excluding hydrogens is 314 g/mol. The van der Waals surface area contributed by atoms with Crippen molar-refractivity contribution < 1.29 is 5.11 Å². The van der Waals surface area contributed by atoms with Gasteiger partial charge in [0.15, 0.2) is 0 Å². The molecule has 0 saturated heterocycles. The first-order chi connectivity index (χ1) is 9.45. The lowest BCUT2D eigenvalue weighted by Gasteiger charge is -2.43. The topological polar surface area (TPSA) is 46.2 Å². The number of hydrogen-bond donors (Lipinski definition) is 2. The molecule has 0 aliphatic heterocycles. The Hall–Kier alpha value is -0.380. The molecule has 0 bridgehead atoms. The van der Waals surface area contributed by atoms with Crippen molar-refractivity contribution in [3.05, 3.63) is 34.3 Å². The normalized spacial score (nSPS) is 25.1. The van der Waals surface area contributed by atoms with Crippen LogP contribution in [0.4, 0.5) is 0 Å². The summed E-state index contributed by atoms with van der Waals surface area (Å²) in [6, 6.07) is 8.19. The van der Waals surface area contributed by atoms with Gasteiger partial charge in [0.05, 0.1) is 6.10 Å². The third kappa shape index (κ3) is 3.44. The van der Waals surface area contributed by atoms with Crippen molar-refractivity contribution in [3.8, 4) is 0 Å². The van der Waals surface area contributed by atoms with Gasteiger partial charge in [0.2, 0.25) is 0 Å². The van der Waals surface area contributed by atoms with E-state index in [2.05, 4.69) is 41.9 Å². The van der Waals surface area contributed by atoms with Gasteiger partial charge in [-0.1, -0.05) is 54.8 Å². The highest BCUT2D eigenvalue weighted by Gasteiger charge is 2.39. The summed E-state index contributed by atoms with van der Waals surface area (Å²) >= 11 is 3.45. The van der Waals surface area contributed by atoms with Crippen molar-refractivity contribution >= 4 is 15.9 Å². The fraction of sp³-hybridized carbons (Fsp3) is 0.647. The van der Waals surface area contributed by atoms with Gasteiger partial charge in [0.25, 0.3) is 0 Å². The fourth-order valence-corrected chi connectivity index (χ4v) is 3.88. The summed E-state index contributed by atoms with van der Waals surface area (Å²) in [6.07, 6.45) is 4.47. The lowest BCUT2D eigenvalue weighted by molar-refractivity contribution is -0.00895. The second-order valence-electron chi connectivity index (χ2n) is 6.73. The van der Waals surface area contributed by atoms with Gasteiger partial charge in [0, 0.05) is 16.9 Å². The summed E-state index contributed by atoms with van der Waals surface area (Å²) in [7, 11) is 0. The third-order valence-electron chi connectivity index (χ3n) is 4.97. The van der Waals surface area contributed by atoms with E-state index in [0.29, 0.717) is 12.5 Å². The highest BCUT2D eigenvalue weighted by molar-refractivity contribution is 9.10. The molecular formula is C17H26BrNO. The molecule has 3 N–H and O–H groups in total. The van der Waals surface area contributed by atoms with E-state index in [9.17, 15) is 5.11 Å². The molecule has 1 aliphatic rings. The van der Waals surface area contributed by atoms with E-state index in [1.54, 1.807) is 0 Å². The van der Waals surface area contributed by atoms with Crippen LogP contribution in [0.5, 0.6) is 0 Å². The van der Waals surface area contributed by atoms with Crippen LogP contribution in [0.3, 0.4) is 0 Å². The second kappa shape index (κ2) is 6.59. The van der Waals surface area contributed by atoms with Gasteiger partial charge in [-0.25, -0.2) is 0 Å². The van der Waals surface area contributed by atoms with Gasteiger partial charge >= 0.3 is 0 Å². The summed E-state index contributed by atoms with van der Waals surface area (Å²) in [5.74, 6) is 0.374. The lowest BCUT2D eigenvalue weighted by Crippen LogP contribution is -2.41. The van der Waals surface area contributed by atoms with Crippen LogP contribution in [0.15, 0.2) is 28.7 Å². The molecule has 0 spiro atoms. The minimum absolute atomic E-state index is 0.0328. The molecule has 1 aromatic rings. The molecule has 1 aromatic carbocycles. The van der Waals surface area contributed by atoms with E-state index in [1.165, 1.54) is 19.3 Å². The zero-order valence-electron chi connectivity index (χ0n) is 12.5. The van der Waals surface area contributed by atoms with Crippen LogP contribution in [0.25, 0.3) is 0 Å². The highest BCUT2D eigenvalue weighted by Crippen LogP contribution is 2.45. The zero-order chi connectivity index (χ0) is 14.8. The maximum atomic E-state index is 10.9. The first-order valence-corrected chi connectivity index (χ1v) is 8.38. The Morgan fingerprint density at radius 2 is 1.95 bits per heavy atom. The summed E-state index contributed by atoms with van der Waals surface area (Å²) in [4.78, 5) is 0. The zero-order valence-corrected chi connectivity index (χ0v) is 14.1. The molecule has 3 heteroatoms. The van der Waals surface area contributed by atoms with Gasteiger partial charge in [0.1, 0.15) is 0 Å². The number of aliphatic hydroxyl groups excluding tert-OH is 1. The summed E-state index contributed by atoms with van der Waals surface area (Å²) in [6.45, 7) is 5.07. The first kappa shape index (κ1) is 16.0. The van der Waals surface area contributed by atoms with Gasteiger partial charge in [-0.2, -0.15) is 0 Å². The lowest BCUT2D eigenvalue weighted by atomic mass is 9.64. The van der Waals surface area contributed by atoms with Crippen molar-refractivity contribution in [2.24, 2.45) is 17.1 Å². The van der Waals surface area contributed by atoms with Crippen LogP contribution in [-0.2, 0) is 0 Å². The number of rotatable bonds is 4. The van der Waals surface area contributed by atoms with Gasteiger partial charge in [-0.05, 0) is 41.9 Å². The number of hydrogen-bond acceptors (Lipinski definition) is 2. The predicted molar refractivity (Wildman–Crippen MR) is 87.7 cm³/mol. The molecule has 112 valence electrons. The van der Waals surface area contributed by atoms with E-state index in [-0.39, 0.29) is 17.4 Å². The minimum atomic E-state index is -0.350. The molecule has 0 radical (unpaired) electrons. The Labute approximate surface area is 130 Å². The van der Waals surface area contributed by atoms with Crippen LogP contribution in [0.2, 0.25) is 0 Å². The van der Waals surface area contributed by atoms with Crippen LogP contribution in [-0.4, -0.2) is 17.8 Å². The van der Waals surface area contributed by atoms with Crippen molar-refractivity contribution in [2.75, 3.05) is 6.54 Å². The van der Waals surface area contributed by atoms with Crippen molar-refractivity contribution in [1.29, 1.82) is 0 Å². The average molecular weight is 340 g/mol. The Bertz CT molecular complexity index is 429. The van der Waals surface area contributed by atoms with Crippen LogP contribution in [0.1, 0.15) is 51.0 Å². The second-order valence-corrected chi connectivity index (χ2v) is 7.64. The maximum absolute atomic E-state index is 10.9. The van der Waals surface area contributed by atoms with Gasteiger partial charge < -0.3 is 10.8 Å². The number of benzene rings is 1.